The molecule has 0 heterocycles. The minimum atomic E-state index is -0.0762. The number of rotatable bonds is 2. The van der Waals surface area contributed by atoms with Crippen LogP contribution in [0, 0.1) is 5.82 Å². The predicted molar refractivity (Wildman–Crippen MR) is 50.9 cm³/mol. The molecule has 0 aromatic heterocycles. The summed E-state index contributed by atoms with van der Waals surface area (Å²) < 4.78 is 13.5. The van der Waals surface area contributed by atoms with Crippen LogP contribution in [-0.2, 0) is 6.54 Å². The van der Waals surface area contributed by atoms with Crippen molar-refractivity contribution in [3.8, 4) is 0 Å². The van der Waals surface area contributed by atoms with Gasteiger partial charge in [0, 0.05) is 6.54 Å². The van der Waals surface area contributed by atoms with Crippen LogP contribution in [0.3, 0.4) is 0 Å². The molecule has 1 saturated carbocycles. The van der Waals surface area contributed by atoms with Crippen LogP contribution in [0.5, 0.6) is 0 Å². The van der Waals surface area contributed by atoms with Crippen LogP contribution in [0.1, 0.15) is 36.3 Å². The van der Waals surface area contributed by atoms with E-state index in [0.29, 0.717) is 12.5 Å². The molecular weight excluding hydrogens is 165 g/mol. The van der Waals surface area contributed by atoms with Gasteiger partial charge in [0.1, 0.15) is 5.82 Å². The van der Waals surface area contributed by atoms with Crippen molar-refractivity contribution in [1.82, 2.24) is 0 Å². The summed E-state index contributed by atoms with van der Waals surface area (Å²) in [7, 11) is 0. The van der Waals surface area contributed by atoms with Crippen molar-refractivity contribution in [2.75, 3.05) is 0 Å². The molecule has 0 unspecified atom stereocenters. The number of benzene rings is 1. The van der Waals surface area contributed by atoms with Crippen molar-refractivity contribution in [2.24, 2.45) is 5.73 Å². The van der Waals surface area contributed by atoms with E-state index in [2.05, 4.69) is 0 Å². The molecule has 0 bridgehead atoms. The molecule has 1 aromatic rings. The van der Waals surface area contributed by atoms with E-state index in [1.807, 2.05) is 6.07 Å². The third-order valence-corrected chi connectivity index (χ3v) is 2.88. The zero-order valence-electron chi connectivity index (χ0n) is 7.59. The van der Waals surface area contributed by atoms with E-state index >= 15 is 0 Å². The molecule has 0 aliphatic heterocycles. The molecule has 0 radical (unpaired) electrons. The van der Waals surface area contributed by atoms with Gasteiger partial charge in [0.15, 0.2) is 0 Å². The van der Waals surface area contributed by atoms with E-state index in [9.17, 15) is 4.39 Å². The number of halogens is 1. The average Bonchev–Trinajstić information content (AvgIpc) is 2.05. The maximum Gasteiger partial charge on any atom is 0.127 e. The zero-order chi connectivity index (χ0) is 9.26. The summed E-state index contributed by atoms with van der Waals surface area (Å²) in [5.74, 6) is 0.354. The summed E-state index contributed by atoms with van der Waals surface area (Å²) in [4.78, 5) is 0. The van der Waals surface area contributed by atoms with Crippen molar-refractivity contribution in [1.29, 1.82) is 0 Å². The van der Waals surface area contributed by atoms with E-state index in [4.69, 9.17) is 5.73 Å². The van der Waals surface area contributed by atoms with Crippen LogP contribution in [0.25, 0.3) is 0 Å². The van der Waals surface area contributed by atoms with Crippen molar-refractivity contribution < 1.29 is 4.39 Å². The summed E-state index contributed by atoms with van der Waals surface area (Å²) in [5, 5.41) is 0. The lowest BCUT2D eigenvalue weighted by atomic mass is 9.78. The molecule has 1 aromatic carbocycles. The van der Waals surface area contributed by atoms with Gasteiger partial charge in [0.05, 0.1) is 0 Å². The first-order valence-corrected chi connectivity index (χ1v) is 4.80. The van der Waals surface area contributed by atoms with Crippen molar-refractivity contribution in [2.45, 2.75) is 31.7 Å². The maximum absolute atomic E-state index is 13.5. The summed E-state index contributed by atoms with van der Waals surface area (Å²) in [5.41, 5.74) is 7.42. The van der Waals surface area contributed by atoms with E-state index in [-0.39, 0.29) is 5.82 Å². The van der Waals surface area contributed by atoms with Gasteiger partial charge < -0.3 is 5.73 Å². The predicted octanol–water partition coefficient (Wildman–Crippen LogP) is 2.55. The molecule has 0 amide bonds. The van der Waals surface area contributed by atoms with Crippen LogP contribution >= 0.6 is 0 Å². The second-order valence-electron chi connectivity index (χ2n) is 3.64. The topological polar surface area (TPSA) is 26.0 Å². The first kappa shape index (κ1) is 8.70. The fourth-order valence-corrected chi connectivity index (χ4v) is 1.91. The number of hydrogen-bond acceptors (Lipinski definition) is 1. The Morgan fingerprint density at radius 2 is 2.15 bits per heavy atom. The largest absolute Gasteiger partial charge is 0.326 e. The molecule has 0 spiro atoms. The smallest absolute Gasteiger partial charge is 0.127 e. The molecule has 1 aliphatic carbocycles. The molecular formula is C11H14FN. The fourth-order valence-electron chi connectivity index (χ4n) is 1.91. The van der Waals surface area contributed by atoms with E-state index in [0.717, 1.165) is 24.0 Å². The lowest BCUT2D eigenvalue weighted by Crippen LogP contribution is -2.14. The lowest BCUT2D eigenvalue weighted by molar-refractivity contribution is 0.401. The van der Waals surface area contributed by atoms with E-state index in [1.165, 1.54) is 12.5 Å². The summed E-state index contributed by atoms with van der Waals surface area (Å²) in [6.07, 6.45) is 3.46. The normalized spacial score (nSPS) is 17.1. The van der Waals surface area contributed by atoms with Gasteiger partial charge in [0.25, 0.3) is 0 Å². The van der Waals surface area contributed by atoms with Gasteiger partial charge in [-0.25, -0.2) is 4.39 Å². The van der Waals surface area contributed by atoms with Crippen molar-refractivity contribution in [3.63, 3.8) is 0 Å². The highest BCUT2D eigenvalue weighted by Crippen LogP contribution is 2.39. The second kappa shape index (κ2) is 3.46. The second-order valence-corrected chi connectivity index (χ2v) is 3.64. The number of hydrogen-bond donors (Lipinski definition) is 1. The Morgan fingerprint density at radius 1 is 1.38 bits per heavy atom. The zero-order valence-corrected chi connectivity index (χ0v) is 7.59. The molecule has 0 atom stereocenters. The molecule has 1 fully saturated rings. The van der Waals surface area contributed by atoms with Crippen molar-refractivity contribution >= 4 is 0 Å². The highest BCUT2D eigenvalue weighted by molar-refractivity contribution is 5.32. The van der Waals surface area contributed by atoms with Gasteiger partial charge in [-0.15, -0.1) is 0 Å². The molecule has 70 valence electrons. The minimum absolute atomic E-state index is 0.0762. The first-order chi connectivity index (χ1) is 6.33. The Morgan fingerprint density at radius 3 is 2.69 bits per heavy atom. The SMILES string of the molecule is NCc1cccc(F)c1C1CCC1. The Kier molecular flexibility index (Phi) is 2.32. The van der Waals surface area contributed by atoms with Gasteiger partial charge in [0.2, 0.25) is 0 Å². The maximum atomic E-state index is 13.5. The molecule has 2 heteroatoms. The molecule has 1 nitrogen and oxygen atoms in total. The highest BCUT2D eigenvalue weighted by Gasteiger charge is 2.24. The third kappa shape index (κ3) is 1.46. The van der Waals surface area contributed by atoms with Gasteiger partial charge in [-0.3, -0.25) is 0 Å². The Hall–Kier alpha value is -0.890. The Bertz CT molecular complexity index is 305. The van der Waals surface area contributed by atoms with Crippen LogP contribution in [0.4, 0.5) is 4.39 Å². The average molecular weight is 179 g/mol. The van der Waals surface area contributed by atoms with Crippen LogP contribution in [0.2, 0.25) is 0 Å². The third-order valence-electron chi connectivity index (χ3n) is 2.88. The number of nitrogens with two attached hydrogens (primary N) is 1. The molecule has 0 saturated heterocycles. The quantitative estimate of drug-likeness (QED) is 0.741. The van der Waals surface area contributed by atoms with Crippen LogP contribution in [0.15, 0.2) is 18.2 Å². The van der Waals surface area contributed by atoms with Gasteiger partial charge in [-0.1, -0.05) is 18.6 Å². The van der Waals surface area contributed by atoms with Crippen molar-refractivity contribution in [3.05, 3.63) is 35.1 Å². The van der Waals surface area contributed by atoms with E-state index < -0.39 is 0 Å². The summed E-state index contributed by atoms with van der Waals surface area (Å²) in [6, 6.07) is 5.20. The molecule has 13 heavy (non-hydrogen) atoms. The Balaban J connectivity index is 2.39. The molecule has 1 aliphatic rings. The van der Waals surface area contributed by atoms with Gasteiger partial charge >= 0.3 is 0 Å². The standard InChI is InChI=1S/C11H14FN/c12-10-6-2-5-9(7-13)11(10)8-3-1-4-8/h2,5-6,8H,1,3-4,7,13H2. The fraction of sp³-hybridized carbons (Fsp3) is 0.455. The van der Waals surface area contributed by atoms with Gasteiger partial charge in [-0.05, 0) is 36.0 Å². The minimum Gasteiger partial charge on any atom is -0.326 e. The summed E-state index contributed by atoms with van der Waals surface area (Å²) in [6.45, 7) is 0.448. The van der Waals surface area contributed by atoms with Crippen LogP contribution in [-0.4, -0.2) is 0 Å². The first-order valence-electron chi connectivity index (χ1n) is 4.80. The Labute approximate surface area is 77.8 Å². The van der Waals surface area contributed by atoms with Gasteiger partial charge in [-0.2, -0.15) is 0 Å². The van der Waals surface area contributed by atoms with E-state index in [1.54, 1.807) is 6.07 Å². The summed E-state index contributed by atoms with van der Waals surface area (Å²) >= 11 is 0. The van der Waals surface area contributed by atoms with Crippen LogP contribution < -0.4 is 5.73 Å². The molecule has 2 N–H and O–H groups in total. The monoisotopic (exact) mass is 179 g/mol. The highest BCUT2D eigenvalue weighted by atomic mass is 19.1. The molecule has 2 rings (SSSR count). The lowest BCUT2D eigenvalue weighted by Gasteiger charge is -2.28.